The Kier molecular flexibility index (Phi) is 5.85. The highest BCUT2D eigenvalue weighted by atomic mass is 35.5. The minimum absolute atomic E-state index is 0.167. The number of aromatic nitrogens is 3. The minimum atomic E-state index is -0.497. The number of nitrogens with one attached hydrogen (secondary N) is 1. The summed E-state index contributed by atoms with van der Waals surface area (Å²) < 4.78 is 7.81. The van der Waals surface area contributed by atoms with Gasteiger partial charge in [0.05, 0.1) is 21.6 Å². The predicted molar refractivity (Wildman–Crippen MR) is 133 cm³/mol. The lowest BCUT2D eigenvalue weighted by molar-refractivity contribution is 0.156. The summed E-state index contributed by atoms with van der Waals surface area (Å²) in [5.74, 6) is 1.12. The summed E-state index contributed by atoms with van der Waals surface area (Å²) in [6.45, 7) is 6.34. The van der Waals surface area contributed by atoms with E-state index in [0.717, 1.165) is 56.4 Å². The molecule has 0 fully saturated rings. The number of aryl methyl sites for hydroxylation is 3. The van der Waals surface area contributed by atoms with Crippen molar-refractivity contribution in [3.63, 3.8) is 0 Å². The number of fused-ring (bicyclic) bond motifs is 3. The van der Waals surface area contributed by atoms with Crippen LogP contribution in [-0.2, 0) is 17.8 Å². The number of carbonyl (C=O) groups is 1. The third-order valence-corrected chi connectivity index (χ3v) is 7.52. The average molecular weight is 481 g/mol. The summed E-state index contributed by atoms with van der Waals surface area (Å²) >= 11 is 7.60. The first-order valence-corrected chi connectivity index (χ1v) is 12.3. The van der Waals surface area contributed by atoms with Gasteiger partial charge in [0.1, 0.15) is 17.4 Å². The standard InChI is InChI=1S/C25H25ClN4O2S/c1-14-11-17(26)7-9-19(14)24-27-16(3)22(33-24)13-32-25(31)28-18-8-10-21-20(12-18)29-23-6-4-5-15(2)30(21)23/h7-12,15H,4-6,13H2,1-3H3,(H,28,31). The number of nitrogens with zero attached hydrogens (tertiary/aromatic N) is 3. The van der Waals surface area contributed by atoms with Gasteiger partial charge in [0.2, 0.25) is 0 Å². The van der Waals surface area contributed by atoms with Crippen LogP contribution in [0, 0.1) is 13.8 Å². The zero-order valence-corrected chi connectivity index (χ0v) is 20.4. The van der Waals surface area contributed by atoms with Crippen molar-refractivity contribution >= 4 is 45.8 Å². The summed E-state index contributed by atoms with van der Waals surface area (Å²) in [5, 5.41) is 4.42. The van der Waals surface area contributed by atoms with Crippen LogP contribution in [0.1, 0.15) is 47.8 Å². The maximum atomic E-state index is 12.5. The number of thiazole rings is 1. The van der Waals surface area contributed by atoms with Crippen LogP contribution in [0.5, 0.6) is 0 Å². The van der Waals surface area contributed by atoms with E-state index in [9.17, 15) is 4.79 Å². The van der Waals surface area contributed by atoms with Gasteiger partial charge in [-0.15, -0.1) is 11.3 Å². The number of ether oxygens (including phenoxy) is 1. The zero-order valence-electron chi connectivity index (χ0n) is 18.8. The molecule has 0 saturated carbocycles. The van der Waals surface area contributed by atoms with E-state index in [1.165, 1.54) is 17.8 Å². The SMILES string of the molecule is Cc1cc(Cl)ccc1-c1nc(C)c(COC(=O)Nc2ccc3c(c2)nc2n3C(C)CCC2)s1. The van der Waals surface area contributed by atoms with Crippen LogP contribution < -0.4 is 5.32 Å². The van der Waals surface area contributed by atoms with Gasteiger partial charge in [-0.25, -0.2) is 14.8 Å². The fourth-order valence-electron chi connectivity index (χ4n) is 4.41. The summed E-state index contributed by atoms with van der Waals surface area (Å²) in [6.07, 6.45) is 2.83. The molecule has 4 aromatic rings. The van der Waals surface area contributed by atoms with Crippen molar-refractivity contribution in [2.24, 2.45) is 0 Å². The van der Waals surface area contributed by atoms with Crippen molar-refractivity contribution in [1.82, 2.24) is 14.5 Å². The number of carbonyl (C=O) groups excluding carboxylic acids is 1. The Labute approximate surface area is 201 Å². The minimum Gasteiger partial charge on any atom is -0.444 e. The molecule has 0 radical (unpaired) electrons. The molecule has 3 heterocycles. The molecule has 1 amide bonds. The Bertz CT molecular complexity index is 1360. The Balaban J connectivity index is 1.26. The van der Waals surface area contributed by atoms with E-state index in [4.69, 9.17) is 21.3 Å². The number of rotatable bonds is 4. The van der Waals surface area contributed by atoms with Gasteiger partial charge >= 0.3 is 6.09 Å². The largest absolute Gasteiger partial charge is 0.444 e. The lowest BCUT2D eigenvalue weighted by Gasteiger charge is -2.22. The highest BCUT2D eigenvalue weighted by molar-refractivity contribution is 7.15. The van der Waals surface area contributed by atoms with Crippen molar-refractivity contribution in [2.75, 3.05) is 5.32 Å². The number of halogens is 1. The molecule has 0 saturated heterocycles. The van der Waals surface area contributed by atoms with Crippen LogP contribution >= 0.6 is 22.9 Å². The maximum Gasteiger partial charge on any atom is 0.411 e. The fraction of sp³-hybridized carbons (Fsp3) is 0.320. The third kappa shape index (κ3) is 4.35. The Morgan fingerprint density at radius 2 is 2.09 bits per heavy atom. The first-order chi connectivity index (χ1) is 15.9. The molecule has 1 aliphatic rings. The molecule has 33 heavy (non-hydrogen) atoms. The molecule has 1 aliphatic heterocycles. The second-order valence-electron chi connectivity index (χ2n) is 8.53. The summed E-state index contributed by atoms with van der Waals surface area (Å²) in [7, 11) is 0. The van der Waals surface area contributed by atoms with Gasteiger partial charge in [-0.1, -0.05) is 17.7 Å². The molecule has 8 heteroatoms. The second-order valence-corrected chi connectivity index (χ2v) is 10.1. The Morgan fingerprint density at radius 3 is 2.91 bits per heavy atom. The monoisotopic (exact) mass is 480 g/mol. The van der Waals surface area contributed by atoms with Crippen LogP contribution in [0.2, 0.25) is 5.02 Å². The van der Waals surface area contributed by atoms with E-state index in [1.54, 1.807) is 0 Å². The first kappa shape index (κ1) is 21.9. The van der Waals surface area contributed by atoms with Gasteiger partial charge in [-0.05, 0) is 69.5 Å². The van der Waals surface area contributed by atoms with Crippen LogP contribution in [0.3, 0.4) is 0 Å². The van der Waals surface area contributed by atoms with E-state index in [0.29, 0.717) is 16.8 Å². The van der Waals surface area contributed by atoms with Crippen LogP contribution in [0.15, 0.2) is 36.4 Å². The molecule has 5 rings (SSSR count). The molecule has 170 valence electrons. The van der Waals surface area contributed by atoms with E-state index < -0.39 is 6.09 Å². The van der Waals surface area contributed by atoms with Gasteiger partial charge in [-0.3, -0.25) is 5.32 Å². The van der Waals surface area contributed by atoms with Crippen molar-refractivity contribution in [3.05, 3.63) is 63.4 Å². The lowest BCUT2D eigenvalue weighted by Crippen LogP contribution is -2.15. The Morgan fingerprint density at radius 1 is 1.24 bits per heavy atom. The van der Waals surface area contributed by atoms with Crippen LogP contribution in [0.25, 0.3) is 21.6 Å². The number of hydrogen-bond donors (Lipinski definition) is 1. The van der Waals surface area contributed by atoms with Gasteiger partial charge in [0.25, 0.3) is 0 Å². The van der Waals surface area contributed by atoms with E-state index in [-0.39, 0.29) is 6.61 Å². The van der Waals surface area contributed by atoms with Crippen molar-refractivity contribution < 1.29 is 9.53 Å². The third-order valence-electron chi connectivity index (χ3n) is 6.12. The van der Waals surface area contributed by atoms with Gasteiger partial charge in [0.15, 0.2) is 0 Å². The number of hydrogen-bond acceptors (Lipinski definition) is 5. The van der Waals surface area contributed by atoms with Gasteiger partial charge in [0, 0.05) is 28.7 Å². The van der Waals surface area contributed by atoms with Crippen LogP contribution in [-0.4, -0.2) is 20.6 Å². The van der Waals surface area contributed by atoms with E-state index in [2.05, 4.69) is 21.8 Å². The quantitative estimate of drug-likeness (QED) is 0.339. The molecule has 1 unspecified atom stereocenters. The molecule has 0 bridgehead atoms. The Hall–Kier alpha value is -2.90. The summed E-state index contributed by atoms with van der Waals surface area (Å²) in [6, 6.07) is 12.0. The number of imidazole rings is 1. The highest BCUT2D eigenvalue weighted by Crippen LogP contribution is 2.33. The van der Waals surface area contributed by atoms with Gasteiger partial charge in [-0.2, -0.15) is 0 Å². The highest BCUT2D eigenvalue weighted by Gasteiger charge is 2.20. The molecule has 1 N–H and O–H groups in total. The normalized spacial score (nSPS) is 15.5. The molecule has 2 aromatic heterocycles. The predicted octanol–water partition coefficient (Wildman–Crippen LogP) is 7.08. The maximum absolute atomic E-state index is 12.5. The smallest absolute Gasteiger partial charge is 0.411 e. The molecule has 0 spiro atoms. The topological polar surface area (TPSA) is 69.0 Å². The first-order valence-electron chi connectivity index (χ1n) is 11.1. The molecular formula is C25H25ClN4O2S. The van der Waals surface area contributed by atoms with Crippen molar-refractivity contribution in [3.8, 4) is 10.6 Å². The lowest BCUT2D eigenvalue weighted by atomic mass is 10.1. The number of benzene rings is 2. The number of anilines is 1. The summed E-state index contributed by atoms with van der Waals surface area (Å²) in [5.41, 5.74) is 5.64. The van der Waals surface area contributed by atoms with E-state index >= 15 is 0 Å². The summed E-state index contributed by atoms with van der Waals surface area (Å²) in [4.78, 5) is 22.8. The van der Waals surface area contributed by atoms with Gasteiger partial charge < -0.3 is 9.30 Å². The number of amides is 1. The molecule has 2 aromatic carbocycles. The average Bonchev–Trinajstić information content (AvgIpc) is 3.32. The zero-order chi connectivity index (χ0) is 23.1. The molecular weight excluding hydrogens is 456 g/mol. The fourth-order valence-corrected chi connectivity index (χ4v) is 5.70. The van der Waals surface area contributed by atoms with Crippen LogP contribution in [0.4, 0.5) is 10.5 Å². The van der Waals surface area contributed by atoms with Crippen molar-refractivity contribution in [2.45, 2.75) is 52.7 Å². The molecule has 1 atom stereocenters. The molecule has 0 aliphatic carbocycles. The molecule has 6 nitrogen and oxygen atoms in total. The van der Waals surface area contributed by atoms with E-state index in [1.807, 2.05) is 50.2 Å². The van der Waals surface area contributed by atoms with Crippen molar-refractivity contribution in [1.29, 1.82) is 0 Å². The second kappa shape index (κ2) is 8.80.